The second-order valence-corrected chi connectivity index (χ2v) is 9.52. The highest BCUT2D eigenvalue weighted by Crippen LogP contribution is 2.32. The number of anilines is 2. The number of ether oxygens (including phenoxy) is 1. The summed E-state index contributed by atoms with van der Waals surface area (Å²) in [5.74, 6) is 0. The molecule has 3 N–H and O–H groups in total. The van der Waals surface area contributed by atoms with E-state index in [0.29, 0.717) is 24.4 Å². The van der Waals surface area contributed by atoms with Crippen LogP contribution >= 0.6 is 11.3 Å². The van der Waals surface area contributed by atoms with Crippen molar-refractivity contribution in [2.45, 2.75) is 25.2 Å². The average Bonchev–Trinajstić information content (AvgIpc) is 3.08. The van der Waals surface area contributed by atoms with Crippen LogP contribution in [0.25, 0.3) is 10.2 Å². The van der Waals surface area contributed by atoms with Gasteiger partial charge in [-0.25, -0.2) is 18.2 Å². The normalized spacial score (nSPS) is 11.4. The Morgan fingerprint density at radius 2 is 1.90 bits per heavy atom. The van der Waals surface area contributed by atoms with Gasteiger partial charge in [0, 0.05) is 25.9 Å². The summed E-state index contributed by atoms with van der Waals surface area (Å²) >= 11 is 1.21. The summed E-state index contributed by atoms with van der Waals surface area (Å²) < 4.78 is 33.5. The molecule has 0 saturated heterocycles. The summed E-state index contributed by atoms with van der Waals surface area (Å²) in [6.45, 7) is 4.84. The number of hydrogen-bond acceptors (Lipinski definition) is 6. The molecule has 1 aromatic heterocycles. The number of rotatable bonds is 8. The lowest BCUT2D eigenvalue weighted by atomic mass is 10.2. The maximum absolute atomic E-state index is 12.6. The molecule has 3 rings (SSSR count). The Labute approximate surface area is 179 Å². The van der Waals surface area contributed by atoms with E-state index in [4.69, 9.17) is 4.74 Å². The number of aryl methyl sites for hydroxylation is 2. The maximum atomic E-state index is 12.6. The van der Waals surface area contributed by atoms with Gasteiger partial charge < -0.3 is 15.4 Å². The van der Waals surface area contributed by atoms with Gasteiger partial charge in [-0.15, -0.1) is 0 Å². The molecule has 2 amide bonds. The molecule has 2 aromatic carbocycles. The van der Waals surface area contributed by atoms with E-state index in [1.165, 1.54) is 11.3 Å². The number of benzene rings is 2. The van der Waals surface area contributed by atoms with Crippen LogP contribution in [0.4, 0.5) is 15.6 Å². The monoisotopic (exact) mass is 448 g/mol. The Kier molecular flexibility index (Phi) is 6.91. The van der Waals surface area contributed by atoms with Crippen LogP contribution in [-0.4, -0.2) is 39.7 Å². The largest absolute Gasteiger partial charge is 0.385 e. The number of methoxy groups -OCH3 is 1. The molecule has 0 aliphatic heterocycles. The van der Waals surface area contributed by atoms with Crippen LogP contribution in [0.5, 0.6) is 0 Å². The van der Waals surface area contributed by atoms with E-state index in [1.54, 1.807) is 43.5 Å². The van der Waals surface area contributed by atoms with E-state index in [-0.39, 0.29) is 16.1 Å². The zero-order valence-corrected chi connectivity index (χ0v) is 18.6. The Morgan fingerprint density at radius 1 is 1.17 bits per heavy atom. The number of aromatic nitrogens is 1. The third kappa shape index (κ3) is 5.47. The quantitative estimate of drug-likeness (QED) is 0.453. The van der Waals surface area contributed by atoms with Crippen LogP contribution in [0.2, 0.25) is 0 Å². The molecular formula is C20H24N4O4S2. The fourth-order valence-corrected chi connectivity index (χ4v) is 5.02. The molecule has 0 atom stereocenters. The SMILES string of the molecule is COCCCNC(=O)Nc1cc(C)c2nc(NS(=O)(=O)c3ccc(C)cc3)sc2c1. The summed E-state index contributed by atoms with van der Waals surface area (Å²) in [6, 6.07) is 9.88. The minimum atomic E-state index is -3.73. The summed E-state index contributed by atoms with van der Waals surface area (Å²) in [6.07, 6.45) is 0.724. The van der Waals surface area contributed by atoms with Crippen molar-refractivity contribution < 1.29 is 17.9 Å². The van der Waals surface area contributed by atoms with Crippen molar-refractivity contribution in [3.63, 3.8) is 0 Å². The van der Waals surface area contributed by atoms with Crippen LogP contribution in [0, 0.1) is 13.8 Å². The smallest absolute Gasteiger partial charge is 0.319 e. The molecule has 30 heavy (non-hydrogen) atoms. The predicted octanol–water partition coefficient (Wildman–Crippen LogP) is 3.87. The van der Waals surface area contributed by atoms with Crippen molar-refractivity contribution in [3.05, 3.63) is 47.5 Å². The standard InChI is InChI=1S/C20H24N4O4S2/c1-13-5-7-16(8-6-13)30(26,27)24-20-23-18-14(2)11-15(12-17(18)29-20)22-19(25)21-9-4-10-28-3/h5-8,11-12H,4,9-10H2,1-3H3,(H,23,24)(H2,21,22,25). The van der Waals surface area contributed by atoms with Crippen molar-refractivity contribution in [2.75, 3.05) is 30.3 Å². The molecule has 0 radical (unpaired) electrons. The molecule has 8 nitrogen and oxygen atoms in total. The van der Waals surface area contributed by atoms with Crippen molar-refractivity contribution in [3.8, 4) is 0 Å². The van der Waals surface area contributed by atoms with Gasteiger partial charge in [0.2, 0.25) is 0 Å². The molecule has 10 heteroatoms. The van der Waals surface area contributed by atoms with Gasteiger partial charge in [0.25, 0.3) is 10.0 Å². The molecule has 0 aliphatic carbocycles. The zero-order valence-electron chi connectivity index (χ0n) is 17.0. The van der Waals surface area contributed by atoms with Crippen LogP contribution in [-0.2, 0) is 14.8 Å². The molecule has 3 aromatic rings. The minimum absolute atomic E-state index is 0.177. The number of amides is 2. The third-order valence-corrected chi connectivity index (χ3v) is 6.71. The van der Waals surface area contributed by atoms with Gasteiger partial charge in [-0.1, -0.05) is 29.0 Å². The van der Waals surface area contributed by atoms with Gasteiger partial charge in [0.05, 0.1) is 15.1 Å². The summed E-state index contributed by atoms with van der Waals surface area (Å²) in [4.78, 5) is 16.6. The molecule has 1 heterocycles. The van der Waals surface area contributed by atoms with Crippen LogP contribution in [0.3, 0.4) is 0 Å². The number of nitrogens with zero attached hydrogens (tertiary/aromatic N) is 1. The number of fused-ring (bicyclic) bond motifs is 1. The highest BCUT2D eigenvalue weighted by atomic mass is 32.2. The fourth-order valence-electron chi connectivity index (χ4n) is 2.80. The number of thiazole rings is 1. The zero-order chi connectivity index (χ0) is 21.7. The lowest BCUT2D eigenvalue weighted by Crippen LogP contribution is -2.30. The minimum Gasteiger partial charge on any atom is -0.385 e. The Balaban J connectivity index is 1.75. The average molecular weight is 449 g/mol. The second-order valence-electron chi connectivity index (χ2n) is 6.80. The molecular weight excluding hydrogens is 424 g/mol. The van der Waals surface area contributed by atoms with E-state index >= 15 is 0 Å². The molecule has 0 unspecified atom stereocenters. The first-order chi connectivity index (χ1) is 14.3. The van der Waals surface area contributed by atoms with Crippen LogP contribution in [0.1, 0.15) is 17.5 Å². The van der Waals surface area contributed by atoms with Crippen LogP contribution in [0.15, 0.2) is 41.3 Å². The van der Waals surface area contributed by atoms with Gasteiger partial charge in [0.15, 0.2) is 5.13 Å². The Bertz CT molecular complexity index is 1140. The molecule has 0 bridgehead atoms. The topological polar surface area (TPSA) is 109 Å². The number of urea groups is 1. The lowest BCUT2D eigenvalue weighted by molar-refractivity contribution is 0.194. The van der Waals surface area contributed by atoms with Gasteiger partial charge >= 0.3 is 6.03 Å². The molecule has 0 saturated carbocycles. The van der Waals surface area contributed by atoms with Crippen molar-refractivity contribution in [1.29, 1.82) is 0 Å². The molecule has 0 aliphatic rings. The van der Waals surface area contributed by atoms with Gasteiger partial charge in [-0.05, 0) is 50.1 Å². The maximum Gasteiger partial charge on any atom is 0.319 e. The second kappa shape index (κ2) is 9.41. The fraction of sp³-hybridized carbons (Fsp3) is 0.300. The van der Waals surface area contributed by atoms with Crippen molar-refractivity contribution >= 4 is 48.4 Å². The summed E-state index contributed by atoms with van der Waals surface area (Å²) in [5, 5.41) is 5.82. The van der Waals surface area contributed by atoms with Crippen molar-refractivity contribution in [2.24, 2.45) is 0 Å². The first kappa shape index (κ1) is 22.0. The number of carbonyl (C=O) groups excluding carboxylic acids is 1. The molecule has 0 fully saturated rings. The predicted molar refractivity (Wildman–Crippen MR) is 120 cm³/mol. The Hall–Kier alpha value is -2.69. The highest BCUT2D eigenvalue weighted by molar-refractivity contribution is 7.93. The van der Waals surface area contributed by atoms with E-state index < -0.39 is 10.0 Å². The van der Waals surface area contributed by atoms with Gasteiger partial charge in [-0.3, -0.25) is 4.72 Å². The third-order valence-electron chi connectivity index (χ3n) is 4.31. The van der Waals surface area contributed by atoms with Crippen molar-refractivity contribution in [1.82, 2.24) is 10.3 Å². The first-order valence-corrected chi connectivity index (χ1v) is 11.6. The van der Waals surface area contributed by atoms with E-state index in [1.807, 2.05) is 13.8 Å². The van der Waals surface area contributed by atoms with E-state index in [9.17, 15) is 13.2 Å². The number of hydrogen-bond donors (Lipinski definition) is 3. The van der Waals surface area contributed by atoms with E-state index in [2.05, 4.69) is 20.3 Å². The van der Waals surface area contributed by atoms with Crippen LogP contribution < -0.4 is 15.4 Å². The van der Waals surface area contributed by atoms with Gasteiger partial charge in [0.1, 0.15) is 0 Å². The molecule has 160 valence electrons. The number of sulfonamides is 1. The Morgan fingerprint density at radius 3 is 2.60 bits per heavy atom. The van der Waals surface area contributed by atoms with Gasteiger partial charge in [-0.2, -0.15) is 0 Å². The summed E-state index contributed by atoms with van der Waals surface area (Å²) in [7, 11) is -2.11. The number of nitrogens with one attached hydrogen (secondary N) is 3. The molecule has 0 spiro atoms. The lowest BCUT2D eigenvalue weighted by Gasteiger charge is -2.08. The number of carbonyl (C=O) groups is 1. The first-order valence-electron chi connectivity index (χ1n) is 9.33. The van der Waals surface area contributed by atoms with E-state index in [0.717, 1.165) is 22.2 Å². The summed E-state index contributed by atoms with van der Waals surface area (Å²) in [5.41, 5.74) is 3.11. The highest BCUT2D eigenvalue weighted by Gasteiger charge is 2.17.